The number of benzene rings is 2. The lowest BCUT2D eigenvalue weighted by atomic mass is 10.0. The van der Waals surface area contributed by atoms with Crippen molar-refractivity contribution in [2.24, 2.45) is 7.05 Å². The number of nitrogens with one attached hydrogen (secondary N) is 1. The molecule has 0 atom stereocenters. The van der Waals surface area contributed by atoms with Crippen LogP contribution in [0, 0.1) is 23.0 Å². The number of H-pyrrole nitrogens is 1. The van der Waals surface area contributed by atoms with Gasteiger partial charge in [-0.15, -0.1) is 0 Å². The zero-order chi connectivity index (χ0) is 20.0. The van der Waals surface area contributed by atoms with E-state index >= 15 is 4.39 Å². The van der Waals surface area contributed by atoms with E-state index < -0.39 is 17.1 Å². The van der Waals surface area contributed by atoms with Gasteiger partial charge >= 0.3 is 0 Å². The first-order valence-electron chi connectivity index (χ1n) is 8.13. The van der Waals surface area contributed by atoms with Crippen LogP contribution in [0.15, 0.2) is 47.5 Å². The van der Waals surface area contributed by atoms with E-state index in [-0.39, 0.29) is 27.7 Å². The molecule has 1 N–H and O–H groups in total. The first-order valence-corrected chi connectivity index (χ1v) is 8.51. The average Bonchev–Trinajstić information content (AvgIpc) is 3.07. The van der Waals surface area contributed by atoms with Gasteiger partial charge in [0.15, 0.2) is 5.43 Å². The molecule has 0 amide bonds. The molecule has 138 valence electrons. The Morgan fingerprint density at radius 1 is 1.25 bits per heavy atom. The third kappa shape index (κ3) is 2.84. The zero-order valence-electron chi connectivity index (χ0n) is 14.4. The molecule has 0 unspecified atom stereocenters. The van der Waals surface area contributed by atoms with Gasteiger partial charge in [0, 0.05) is 35.5 Å². The highest BCUT2D eigenvalue weighted by Crippen LogP contribution is 2.32. The maximum atomic E-state index is 15.1. The van der Waals surface area contributed by atoms with Gasteiger partial charge in [-0.05, 0) is 24.3 Å². The van der Waals surface area contributed by atoms with Crippen LogP contribution in [0.3, 0.4) is 0 Å². The molecule has 4 aromatic rings. The van der Waals surface area contributed by atoms with Crippen LogP contribution < -0.4 is 5.43 Å². The van der Waals surface area contributed by atoms with Crippen LogP contribution in [0.5, 0.6) is 0 Å². The topological polar surface area (TPSA) is 74.5 Å². The SMILES string of the molecule is Cn1cc(-c2c(F)cc3[nH]c(-c4cc(C#N)ccc4Cl)cc(=O)c3c2F)cn1. The zero-order valence-corrected chi connectivity index (χ0v) is 15.2. The summed E-state index contributed by atoms with van der Waals surface area (Å²) in [5.74, 6) is -1.80. The third-order valence-corrected chi connectivity index (χ3v) is 4.72. The van der Waals surface area contributed by atoms with Crippen molar-refractivity contribution in [3.63, 3.8) is 0 Å². The lowest BCUT2D eigenvalue weighted by Crippen LogP contribution is -2.07. The fourth-order valence-corrected chi connectivity index (χ4v) is 3.32. The Morgan fingerprint density at radius 3 is 2.71 bits per heavy atom. The molecular weight excluding hydrogens is 386 g/mol. The Bertz CT molecular complexity index is 1350. The molecule has 0 saturated heterocycles. The van der Waals surface area contributed by atoms with Gasteiger partial charge in [-0.2, -0.15) is 10.4 Å². The highest BCUT2D eigenvalue weighted by Gasteiger charge is 2.20. The average molecular weight is 397 g/mol. The van der Waals surface area contributed by atoms with E-state index in [9.17, 15) is 9.18 Å². The predicted molar refractivity (Wildman–Crippen MR) is 102 cm³/mol. The van der Waals surface area contributed by atoms with Gasteiger partial charge in [0.25, 0.3) is 0 Å². The molecule has 2 aromatic heterocycles. The molecule has 0 aliphatic carbocycles. The Morgan fingerprint density at radius 2 is 2.04 bits per heavy atom. The van der Waals surface area contributed by atoms with Gasteiger partial charge in [0.05, 0.1) is 40.0 Å². The van der Waals surface area contributed by atoms with Gasteiger partial charge < -0.3 is 4.98 Å². The van der Waals surface area contributed by atoms with E-state index in [0.717, 1.165) is 6.07 Å². The van der Waals surface area contributed by atoms with Crippen molar-refractivity contribution < 1.29 is 8.78 Å². The van der Waals surface area contributed by atoms with Gasteiger partial charge in [-0.3, -0.25) is 9.48 Å². The highest BCUT2D eigenvalue weighted by molar-refractivity contribution is 6.33. The minimum Gasteiger partial charge on any atom is -0.354 e. The number of hydrogen-bond donors (Lipinski definition) is 1. The summed E-state index contributed by atoms with van der Waals surface area (Å²) in [6, 6.07) is 8.77. The van der Waals surface area contributed by atoms with E-state index in [1.165, 1.54) is 41.3 Å². The summed E-state index contributed by atoms with van der Waals surface area (Å²) < 4.78 is 31.1. The molecule has 0 radical (unpaired) electrons. The van der Waals surface area contributed by atoms with Crippen LogP contribution in [-0.2, 0) is 7.05 Å². The predicted octanol–water partition coefficient (Wildman–Crippen LogP) is 4.40. The van der Waals surface area contributed by atoms with Crippen molar-refractivity contribution in [3.05, 3.63) is 75.2 Å². The Balaban J connectivity index is 1.99. The lowest BCUT2D eigenvalue weighted by molar-refractivity contribution is 0.597. The normalized spacial score (nSPS) is 11.0. The number of halogens is 3. The highest BCUT2D eigenvalue weighted by atomic mass is 35.5. The van der Waals surface area contributed by atoms with Crippen molar-refractivity contribution in [2.75, 3.05) is 0 Å². The largest absolute Gasteiger partial charge is 0.354 e. The van der Waals surface area contributed by atoms with Crippen molar-refractivity contribution >= 4 is 22.5 Å². The summed E-state index contributed by atoms with van der Waals surface area (Å²) in [5, 5.41) is 13.0. The molecule has 28 heavy (non-hydrogen) atoms. The van der Waals surface area contributed by atoms with Crippen LogP contribution in [0.25, 0.3) is 33.3 Å². The minimum atomic E-state index is -0.965. The number of hydrogen-bond acceptors (Lipinski definition) is 3. The fraction of sp³-hybridized carbons (Fsp3) is 0.0500. The quantitative estimate of drug-likeness (QED) is 0.545. The number of nitrogens with zero attached hydrogens (tertiary/aromatic N) is 3. The number of fused-ring (bicyclic) bond motifs is 1. The monoisotopic (exact) mass is 396 g/mol. The van der Waals surface area contributed by atoms with Gasteiger partial charge in [0.1, 0.15) is 11.6 Å². The Kier molecular flexibility index (Phi) is 4.21. The van der Waals surface area contributed by atoms with Crippen LogP contribution >= 0.6 is 11.6 Å². The molecule has 2 aromatic carbocycles. The third-order valence-electron chi connectivity index (χ3n) is 4.39. The maximum Gasteiger partial charge on any atom is 0.193 e. The van der Waals surface area contributed by atoms with Gasteiger partial charge in [-0.1, -0.05) is 11.6 Å². The molecule has 0 saturated carbocycles. The second kappa shape index (κ2) is 6.59. The molecule has 4 rings (SSSR count). The van der Waals surface area contributed by atoms with Crippen molar-refractivity contribution in [3.8, 4) is 28.5 Å². The summed E-state index contributed by atoms with van der Waals surface area (Å²) in [6.07, 6.45) is 2.78. The fourth-order valence-electron chi connectivity index (χ4n) is 3.10. The van der Waals surface area contributed by atoms with Crippen molar-refractivity contribution in [1.29, 1.82) is 5.26 Å². The minimum absolute atomic E-state index is 0.0106. The second-order valence-electron chi connectivity index (χ2n) is 6.23. The summed E-state index contributed by atoms with van der Waals surface area (Å²) in [6.45, 7) is 0. The summed E-state index contributed by atoms with van der Waals surface area (Å²) in [4.78, 5) is 15.5. The number of aromatic amines is 1. The van der Waals surface area contributed by atoms with E-state index in [0.29, 0.717) is 16.1 Å². The van der Waals surface area contributed by atoms with E-state index in [1.54, 1.807) is 7.05 Å². The van der Waals surface area contributed by atoms with Crippen LogP contribution in [0.4, 0.5) is 8.78 Å². The smallest absolute Gasteiger partial charge is 0.193 e. The van der Waals surface area contributed by atoms with Crippen molar-refractivity contribution in [2.45, 2.75) is 0 Å². The van der Waals surface area contributed by atoms with E-state index in [1.807, 2.05) is 6.07 Å². The summed E-state index contributed by atoms with van der Waals surface area (Å²) in [5.41, 5.74) is 0.249. The van der Waals surface area contributed by atoms with Crippen molar-refractivity contribution in [1.82, 2.24) is 14.8 Å². The number of aryl methyl sites for hydroxylation is 1. The lowest BCUT2D eigenvalue weighted by Gasteiger charge is -2.10. The number of nitriles is 1. The molecule has 8 heteroatoms. The summed E-state index contributed by atoms with van der Waals surface area (Å²) in [7, 11) is 1.62. The van der Waals surface area contributed by atoms with Crippen LogP contribution in [-0.4, -0.2) is 14.8 Å². The first kappa shape index (κ1) is 17.9. The molecule has 0 aliphatic heterocycles. The van der Waals surface area contributed by atoms with Crippen LogP contribution in [0.1, 0.15) is 5.56 Å². The Labute approximate surface area is 162 Å². The maximum absolute atomic E-state index is 15.1. The number of pyridine rings is 1. The number of aromatic nitrogens is 3. The number of rotatable bonds is 2. The van der Waals surface area contributed by atoms with Crippen LogP contribution in [0.2, 0.25) is 5.02 Å². The van der Waals surface area contributed by atoms with Gasteiger partial charge in [0.2, 0.25) is 0 Å². The molecule has 0 fully saturated rings. The second-order valence-corrected chi connectivity index (χ2v) is 6.63. The first-order chi connectivity index (χ1) is 13.4. The molecule has 0 bridgehead atoms. The molecular formula is C20H11ClF2N4O. The molecule has 2 heterocycles. The Hall–Kier alpha value is -3.50. The molecule has 0 spiro atoms. The molecule has 0 aliphatic rings. The van der Waals surface area contributed by atoms with E-state index in [2.05, 4.69) is 10.1 Å². The standard InChI is InChI=1S/C20H11ClF2N4O/c1-27-9-11(8-25-27)18-14(22)5-16-19(20(18)23)17(28)6-15(26-16)12-4-10(7-24)2-3-13(12)21/h2-6,8-9H,1H3,(H,26,28). The molecule has 5 nitrogen and oxygen atoms in total. The summed E-state index contributed by atoms with van der Waals surface area (Å²) >= 11 is 6.17. The van der Waals surface area contributed by atoms with E-state index in [4.69, 9.17) is 16.9 Å². The van der Waals surface area contributed by atoms with Gasteiger partial charge in [-0.25, -0.2) is 8.78 Å².